The number of hydrogen-bond donors (Lipinski definition) is 0. The summed E-state index contributed by atoms with van der Waals surface area (Å²) in [7, 11) is 3.27. The summed E-state index contributed by atoms with van der Waals surface area (Å²) in [4.78, 5) is 41.5. The van der Waals surface area contributed by atoms with E-state index in [1.807, 2.05) is 6.92 Å². The number of benzene rings is 1. The Morgan fingerprint density at radius 2 is 2.00 bits per heavy atom. The van der Waals surface area contributed by atoms with Crippen molar-refractivity contribution < 1.29 is 9.53 Å². The van der Waals surface area contributed by atoms with Gasteiger partial charge in [0.1, 0.15) is 5.52 Å². The van der Waals surface area contributed by atoms with Gasteiger partial charge in [-0.05, 0) is 31.5 Å². The highest BCUT2D eigenvalue weighted by molar-refractivity contribution is 5.93. The molecule has 0 radical (unpaired) electrons. The fourth-order valence-electron chi connectivity index (χ4n) is 3.40. The largest absolute Gasteiger partial charge is 0.462 e. The standard InChI is InChI=1S/C19H21N7O4/c1-4-26-14-7-6-12(10-13(14)21-22-26)18(28)30-9-5-8-25-17(27)15-16(20-11-23(15)2)24(3)19(25)29/h6-7,10-11H,4-5,8-9H2,1-3H3. The van der Waals surface area contributed by atoms with Gasteiger partial charge in [-0.2, -0.15) is 0 Å². The van der Waals surface area contributed by atoms with E-state index in [4.69, 9.17) is 4.74 Å². The molecule has 0 spiro atoms. The predicted octanol–water partition coefficient (Wildman–Crippen LogP) is 0.445. The molecule has 0 saturated carbocycles. The van der Waals surface area contributed by atoms with Gasteiger partial charge in [-0.25, -0.2) is 19.3 Å². The van der Waals surface area contributed by atoms with E-state index in [9.17, 15) is 14.4 Å². The summed E-state index contributed by atoms with van der Waals surface area (Å²) < 4.78 is 11.1. The molecule has 4 aromatic rings. The number of aromatic nitrogens is 7. The molecule has 4 rings (SSSR count). The molecule has 0 atom stereocenters. The molecule has 0 amide bonds. The highest BCUT2D eigenvalue weighted by Gasteiger charge is 2.15. The van der Waals surface area contributed by atoms with E-state index in [0.717, 1.165) is 10.1 Å². The number of ether oxygens (including phenoxy) is 1. The highest BCUT2D eigenvalue weighted by atomic mass is 16.5. The van der Waals surface area contributed by atoms with E-state index in [0.29, 0.717) is 35.2 Å². The fourth-order valence-corrected chi connectivity index (χ4v) is 3.40. The molecular weight excluding hydrogens is 390 g/mol. The van der Waals surface area contributed by atoms with Gasteiger partial charge in [-0.15, -0.1) is 5.10 Å². The molecule has 3 aromatic heterocycles. The average molecular weight is 411 g/mol. The number of fused-ring (bicyclic) bond motifs is 2. The first kappa shape index (κ1) is 19.6. The van der Waals surface area contributed by atoms with E-state index < -0.39 is 17.2 Å². The number of aryl methyl sites for hydroxylation is 3. The van der Waals surface area contributed by atoms with E-state index in [1.165, 1.54) is 10.9 Å². The summed E-state index contributed by atoms with van der Waals surface area (Å²) in [5.74, 6) is -0.495. The lowest BCUT2D eigenvalue weighted by molar-refractivity contribution is 0.0495. The van der Waals surface area contributed by atoms with Gasteiger partial charge in [0.05, 0.1) is 24.0 Å². The smallest absolute Gasteiger partial charge is 0.338 e. The van der Waals surface area contributed by atoms with Crippen LogP contribution in [0.25, 0.3) is 22.2 Å². The van der Waals surface area contributed by atoms with Gasteiger partial charge in [0.2, 0.25) is 0 Å². The minimum atomic E-state index is -0.495. The maximum absolute atomic E-state index is 12.7. The first-order chi connectivity index (χ1) is 14.4. The van der Waals surface area contributed by atoms with Crippen LogP contribution >= 0.6 is 0 Å². The van der Waals surface area contributed by atoms with Crippen molar-refractivity contribution in [3.8, 4) is 0 Å². The van der Waals surface area contributed by atoms with Crippen molar-refractivity contribution in [1.82, 2.24) is 33.7 Å². The van der Waals surface area contributed by atoms with Gasteiger partial charge >= 0.3 is 11.7 Å². The van der Waals surface area contributed by atoms with Gasteiger partial charge in [0, 0.05) is 27.2 Å². The van der Waals surface area contributed by atoms with Crippen molar-refractivity contribution in [2.24, 2.45) is 14.1 Å². The summed E-state index contributed by atoms with van der Waals surface area (Å²) in [5, 5.41) is 8.06. The minimum Gasteiger partial charge on any atom is -0.462 e. The highest BCUT2D eigenvalue weighted by Crippen LogP contribution is 2.14. The zero-order valence-electron chi connectivity index (χ0n) is 16.9. The van der Waals surface area contributed by atoms with E-state index >= 15 is 0 Å². The van der Waals surface area contributed by atoms with Gasteiger partial charge in [0.15, 0.2) is 11.2 Å². The number of imidazole rings is 1. The third-order valence-corrected chi connectivity index (χ3v) is 5.01. The Morgan fingerprint density at radius 1 is 1.20 bits per heavy atom. The summed E-state index contributed by atoms with van der Waals surface area (Å²) >= 11 is 0. The molecule has 3 heterocycles. The average Bonchev–Trinajstić information content (AvgIpc) is 3.34. The van der Waals surface area contributed by atoms with Gasteiger partial charge in [-0.3, -0.25) is 13.9 Å². The van der Waals surface area contributed by atoms with E-state index in [1.54, 1.807) is 41.5 Å². The third-order valence-electron chi connectivity index (χ3n) is 5.01. The molecule has 0 bridgehead atoms. The molecular formula is C19H21N7O4. The number of hydrogen-bond acceptors (Lipinski definition) is 7. The van der Waals surface area contributed by atoms with Crippen LogP contribution in [0.15, 0.2) is 34.1 Å². The molecule has 30 heavy (non-hydrogen) atoms. The first-order valence-corrected chi connectivity index (χ1v) is 9.53. The first-order valence-electron chi connectivity index (χ1n) is 9.53. The Balaban J connectivity index is 1.44. The van der Waals surface area contributed by atoms with E-state index in [2.05, 4.69) is 15.3 Å². The van der Waals surface area contributed by atoms with Crippen LogP contribution in [0.3, 0.4) is 0 Å². The maximum Gasteiger partial charge on any atom is 0.338 e. The molecule has 11 nitrogen and oxygen atoms in total. The molecule has 1 aromatic carbocycles. The number of nitrogens with zero attached hydrogens (tertiary/aromatic N) is 7. The van der Waals surface area contributed by atoms with Crippen LogP contribution < -0.4 is 11.2 Å². The van der Waals surface area contributed by atoms with Crippen LogP contribution in [-0.2, 0) is 31.9 Å². The molecule has 0 saturated heterocycles. The number of esters is 1. The lowest BCUT2D eigenvalue weighted by Gasteiger charge is -2.09. The lowest BCUT2D eigenvalue weighted by atomic mass is 10.2. The second-order valence-electron chi connectivity index (χ2n) is 6.92. The molecule has 0 aliphatic carbocycles. The summed E-state index contributed by atoms with van der Waals surface area (Å²) in [5.41, 5.74) is 1.65. The van der Waals surface area contributed by atoms with Crippen LogP contribution in [0, 0.1) is 0 Å². The Kier molecular flexibility index (Phi) is 4.94. The third kappa shape index (κ3) is 3.17. The Labute approximate surface area is 170 Å². The maximum atomic E-state index is 12.7. The predicted molar refractivity (Wildman–Crippen MR) is 108 cm³/mol. The van der Waals surface area contributed by atoms with Crippen LogP contribution in [0.1, 0.15) is 23.7 Å². The molecule has 0 unspecified atom stereocenters. The van der Waals surface area contributed by atoms with Crippen molar-refractivity contribution in [3.05, 3.63) is 50.9 Å². The van der Waals surface area contributed by atoms with Crippen LogP contribution in [0.4, 0.5) is 0 Å². The van der Waals surface area contributed by atoms with E-state index in [-0.39, 0.29) is 13.2 Å². The Hall–Kier alpha value is -3.76. The Morgan fingerprint density at radius 3 is 2.77 bits per heavy atom. The normalized spacial score (nSPS) is 11.4. The second kappa shape index (κ2) is 7.58. The minimum absolute atomic E-state index is 0.0670. The summed E-state index contributed by atoms with van der Waals surface area (Å²) in [6, 6.07) is 5.08. The summed E-state index contributed by atoms with van der Waals surface area (Å²) in [6.07, 6.45) is 1.81. The zero-order chi connectivity index (χ0) is 21.4. The van der Waals surface area contributed by atoms with Crippen molar-refractivity contribution >= 4 is 28.2 Å². The zero-order valence-corrected chi connectivity index (χ0v) is 16.9. The quantitative estimate of drug-likeness (QED) is 0.334. The van der Waals surface area contributed by atoms with Crippen molar-refractivity contribution in [1.29, 1.82) is 0 Å². The van der Waals surface area contributed by atoms with Crippen molar-refractivity contribution in [3.63, 3.8) is 0 Å². The van der Waals surface area contributed by atoms with Gasteiger partial charge < -0.3 is 9.30 Å². The molecule has 11 heteroatoms. The van der Waals surface area contributed by atoms with Crippen LogP contribution in [-0.4, -0.2) is 46.3 Å². The number of carbonyl (C=O) groups is 1. The molecule has 0 fully saturated rings. The number of rotatable bonds is 6. The summed E-state index contributed by atoms with van der Waals surface area (Å²) in [6.45, 7) is 2.84. The monoisotopic (exact) mass is 411 g/mol. The lowest BCUT2D eigenvalue weighted by Crippen LogP contribution is -2.39. The fraction of sp³-hybridized carbons (Fsp3) is 0.368. The number of carbonyl (C=O) groups excluding carboxylic acids is 1. The van der Waals surface area contributed by atoms with Crippen molar-refractivity contribution in [2.75, 3.05) is 6.61 Å². The topological polar surface area (TPSA) is 119 Å². The SMILES string of the molecule is CCn1nnc2cc(C(=O)OCCCn3c(=O)c4c(ncn4C)n(C)c3=O)ccc21. The molecule has 0 aliphatic rings. The van der Waals surface area contributed by atoms with Gasteiger partial charge in [-0.1, -0.05) is 5.21 Å². The van der Waals surface area contributed by atoms with Gasteiger partial charge in [0.25, 0.3) is 5.56 Å². The molecule has 156 valence electrons. The molecule has 0 aliphatic heterocycles. The van der Waals surface area contributed by atoms with Crippen molar-refractivity contribution in [2.45, 2.75) is 26.4 Å². The molecule has 0 N–H and O–H groups in total. The van der Waals surface area contributed by atoms with Crippen LogP contribution in [0.2, 0.25) is 0 Å². The van der Waals surface area contributed by atoms with Crippen LogP contribution in [0.5, 0.6) is 0 Å². The Bertz CT molecular complexity index is 1380. The second-order valence-corrected chi connectivity index (χ2v) is 6.92.